The van der Waals surface area contributed by atoms with E-state index in [9.17, 15) is 18.8 Å². The van der Waals surface area contributed by atoms with E-state index in [0.717, 1.165) is 5.56 Å². The minimum absolute atomic E-state index is 0.199. The second-order valence-corrected chi connectivity index (χ2v) is 7.82. The fraction of sp³-hybridized carbons (Fsp3) is 0.192. The summed E-state index contributed by atoms with van der Waals surface area (Å²) in [5.41, 5.74) is 1.58. The summed E-state index contributed by atoms with van der Waals surface area (Å²) >= 11 is 0. The standard InChI is InChI=1S/C26H23FN2O5/c1-17(18-5-3-2-4-6-18)28-25(31)14-29-22-13-19(7-12-24(22)34-16-26(29)32)23(30)15-33-21-10-8-20(27)9-11-21/h2-13,17H,14-16H2,1H3,(H,28,31). The van der Waals surface area contributed by atoms with Crippen molar-refractivity contribution in [3.05, 3.63) is 89.7 Å². The van der Waals surface area contributed by atoms with Crippen LogP contribution in [0.1, 0.15) is 28.9 Å². The first-order valence-electron chi connectivity index (χ1n) is 10.7. The molecule has 0 bridgehead atoms. The maximum atomic E-state index is 13.0. The molecule has 2 amide bonds. The average Bonchev–Trinajstić information content (AvgIpc) is 2.85. The largest absolute Gasteiger partial charge is 0.485 e. The molecule has 0 spiro atoms. The number of fused-ring (bicyclic) bond motifs is 1. The Morgan fingerprint density at radius 1 is 1.09 bits per heavy atom. The van der Waals surface area contributed by atoms with Crippen molar-refractivity contribution in [2.24, 2.45) is 0 Å². The van der Waals surface area contributed by atoms with Crippen LogP contribution in [0, 0.1) is 5.82 Å². The predicted octanol–water partition coefficient (Wildman–Crippen LogP) is 3.69. The molecule has 174 valence electrons. The fourth-order valence-corrected chi connectivity index (χ4v) is 3.57. The number of benzene rings is 3. The Bertz CT molecular complexity index is 1200. The highest BCUT2D eigenvalue weighted by atomic mass is 19.1. The number of halogens is 1. The summed E-state index contributed by atoms with van der Waals surface area (Å²) in [5, 5.41) is 2.89. The third-order valence-electron chi connectivity index (χ3n) is 5.39. The molecule has 1 atom stereocenters. The summed E-state index contributed by atoms with van der Waals surface area (Å²) < 4.78 is 23.9. The number of carbonyl (C=O) groups excluding carboxylic acids is 3. The molecule has 1 aliphatic rings. The molecule has 1 aliphatic heterocycles. The quantitative estimate of drug-likeness (QED) is 0.516. The van der Waals surface area contributed by atoms with E-state index in [1.54, 1.807) is 12.1 Å². The number of anilines is 1. The molecule has 1 N–H and O–H groups in total. The SMILES string of the molecule is CC(NC(=O)CN1C(=O)COc2ccc(C(=O)COc3ccc(F)cc3)cc21)c1ccccc1. The fourth-order valence-electron chi connectivity index (χ4n) is 3.57. The molecular weight excluding hydrogens is 439 g/mol. The summed E-state index contributed by atoms with van der Waals surface area (Å²) in [5.74, 6) is -0.708. The van der Waals surface area contributed by atoms with Gasteiger partial charge in [0, 0.05) is 5.56 Å². The number of Topliss-reactive ketones (excluding diaryl/α,β-unsaturated/α-hetero) is 1. The Morgan fingerprint density at radius 3 is 2.56 bits per heavy atom. The van der Waals surface area contributed by atoms with Crippen molar-refractivity contribution in [1.29, 1.82) is 0 Å². The monoisotopic (exact) mass is 462 g/mol. The van der Waals surface area contributed by atoms with Crippen LogP contribution < -0.4 is 19.7 Å². The molecule has 0 saturated carbocycles. The first-order valence-corrected chi connectivity index (χ1v) is 10.7. The maximum absolute atomic E-state index is 13.0. The van der Waals surface area contributed by atoms with Crippen LogP contribution in [-0.2, 0) is 9.59 Å². The van der Waals surface area contributed by atoms with E-state index in [4.69, 9.17) is 9.47 Å². The lowest BCUT2D eigenvalue weighted by Crippen LogP contribution is -2.45. The highest BCUT2D eigenvalue weighted by molar-refractivity contribution is 6.04. The van der Waals surface area contributed by atoms with Crippen LogP contribution in [0.15, 0.2) is 72.8 Å². The maximum Gasteiger partial charge on any atom is 0.265 e. The van der Waals surface area contributed by atoms with Gasteiger partial charge in [-0.25, -0.2) is 4.39 Å². The smallest absolute Gasteiger partial charge is 0.265 e. The van der Waals surface area contributed by atoms with E-state index in [0.29, 0.717) is 22.7 Å². The Hall–Kier alpha value is -4.20. The first kappa shape index (κ1) is 23.0. The predicted molar refractivity (Wildman–Crippen MR) is 124 cm³/mol. The average molecular weight is 462 g/mol. The number of nitrogens with one attached hydrogen (secondary N) is 1. The number of ether oxygens (including phenoxy) is 2. The Labute approximate surface area is 196 Å². The lowest BCUT2D eigenvalue weighted by Gasteiger charge is -2.29. The summed E-state index contributed by atoms with van der Waals surface area (Å²) in [6.45, 7) is 1.18. The topological polar surface area (TPSA) is 84.9 Å². The Morgan fingerprint density at radius 2 is 1.82 bits per heavy atom. The molecule has 1 unspecified atom stereocenters. The second-order valence-electron chi connectivity index (χ2n) is 7.82. The second kappa shape index (κ2) is 10.2. The van der Waals surface area contributed by atoms with Gasteiger partial charge >= 0.3 is 0 Å². The number of ketones is 1. The third kappa shape index (κ3) is 5.40. The molecule has 1 heterocycles. The molecule has 4 rings (SSSR count). The van der Waals surface area contributed by atoms with Crippen molar-refractivity contribution in [3.8, 4) is 11.5 Å². The lowest BCUT2D eigenvalue weighted by molar-refractivity contribution is -0.125. The number of hydrogen-bond donors (Lipinski definition) is 1. The molecule has 3 aromatic rings. The Kier molecular flexibility index (Phi) is 6.87. The zero-order valence-electron chi connectivity index (χ0n) is 18.5. The van der Waals surface area contributed by atoms with Gasteiger partial charge in [-0.05, 0) is 55.0 Å². The number of carbonyl (C=O) groups is 3. The lowest BCUT2D eigenvalue weighted by atomic mass is 10.1. The highest BCUT2D eigenvalue weighted by Crippen LogP contribution is 2.33. The van der Waals surface area contributed by atoms with E-state index in [1.807, 2.05) is 37.3 Å². The molecule has 0 fully saturated rings. The van der Waals surface area contributed by atoms with Crippen LogP contribution in [0.4, 0.5) is 10.1 Å². The van der Waals surface area contributed by atoms with E-state index in [2.05, 4.69) is 5.32 Å². The number of amides is 2. The molecule has 0 saturated heterocycles. The van der Waals surface area contributed by atoms with Gasteiger partial charge in [-0.2, -0.15) is 0 Å². The van der Waals surface area contributed by atoms with Gasteiger partial charge in [-0.15, -0.1) is 0 Å². The number of hydrogen-bond acceptors (Lipinski definition) is 5. The molecule has 3 aromatic carbocycles. The van der Waals surface area contributed by atoms with Gasteiger partial charge in [0.2, 0.25) is 5.91 Å². The van der Waals surface area contributed by atoms with Gasteiger partial charge in [0.05, 0.1) is 11.7 Å². The van der Waals surface area contributed by atoms with E-state index in [1.165, 1.54) is 35.2 Å². The summed E-state index contributed by atoms with van der Waals surface area (Å²) in [4.78, 5) is 39.2. The van der Waals surface area contributed by atoms with Crippen LogP contribution in [0.5, 0.6) is 11.5 Å². The van der Waals surface area contributed by atoms with Gasteiger partial charge < -0.3 is 14.8 Å². The van der Waals surface area contributed by atoms with Gasteiger partial charge in [-0.3, -0.25) is 19.3 Å². The van der Waals surface area contributed by atoms with Crippen molar-refractivity contribution in [1.82, 2.24) is 5.32 Å². The minimum Gasteiger partial charge on any atom is -0.485 e. The van der Waals surface area contributed by atoms with Crippen LogP contribution in [0.2, 0.25) is 0 Å². The van der Waals surface area contributed by atoms with E-state index < -0.39 is 5.82 Å². The molecule has 34 heavy (non-hydrogen) atoms. The summed E-state index contributed by atoms with van der Waals surface area (Å²) in [6, 6.07) is 19.3. The zero-order chi connectivity index (χ0) is 24.1. The molecule has 0 aromatic heterocycles. The van der Waals surface area contributed by atoms with Crippen molar-refractivity contribution in [3.63, 3.8) is 0 Å². The van der Waals surface area contributed by atoms with Crippen molar-refractivity contribution >= 4 is 23.3 Å². The molecule has 0 radical (unpaired) electrons. The van der Waals surface area contributed by atoms with Crippen molar-refractivity contribution in [2.45, 2.75) is 13.0 Å². The zero-order valence-corrected chi connectivity index (χ0v) is 18.5. The van der Waals surface area contributed by atoms with Crippen molar-refractivity contribution < 1.29 is 28.2 Å². The van der Waals surface area contributed by atoms with Gasteiger partial charge in [-0.1, -0.05) is 30.3 Å². The van der Waals surface area contributed by atoms with Crippen LogP contribution in [-0.4, -0.2) is 37.4 Å². The third-order valence-corrected chi connectivity index (χ3v) is 5.39. The molecule has 8 heteroatoms. The summed E-state index contributed by atoms with van der Waals surface area (Å²) in [6.07, 6.45) is 0. The van der Waals surface area contributed by atoms with Crippen LogP contribution in [0.3, 0.4) is 0 Å². The van der Waals surface area contributed by atoms with Gasteiger partial charge in [0.25, 0.3) is 5.91 Å². The molecule has 7 nitrogen and oxygen atoms in total. The number of nitrogens with zero attached hydrogens (tertiary/aromatic N) is 1. The molecule has 0 aliphatic carbocycles. The number of rotatable bonds is 8. The van der Waals surface area contributed by atoms with Gasteiger partial charge in [0.1, 0.15) is 23.9 Å². The normalized spacial score (nSPS) is 13.5. The Balaban J connectivity index is 1.45. The van der Waals surface area contributed by atoms with Gasteiger partial charge in [0.15, 0.2) is 19.0 Å². The first-order chi connectivity index (χ1) is 16.4. The molecular formula is C26H23FN2O5. The van der Waals surface area contributed by atoms with Crippen LogP contribution >= 0.6 is 0 Å². The minimum atomic E-state index is -0.402. The van der Waals surface area contributed by atoms with E-state index in [-0.39, 0.29) is 43.4 Å². The summed E-state index contributed by atoms with van der Waals surface area (Å²) in [7, 11) is 0. The van der Waals surface area contributed by atoms with Crippen LogP contribution in [0.25, 0.3) is 0 Å². The highest BCUT2D eigenvalue weighted by Gasteiger charge is 2.28. The van der Waals surface area contributed by atoms with Crippen molar-refractivity contribution in [2.75, 3.05) is 24.7 Å². The van der Waals surface area contributed by atoms with E-state index >= 15 is 0 Å².